The summed E-state index contributed by atoms with van der Waals surface area (Å²) in [5, 5.41) is 22.0. The summed E-state index contributed by atoms with van der Waals surface area (Å²) in [5.74, 6) is 0.0439. The van der Waals surface area contributed by atoms with Crippen molar-refractivity contribution in [2.75, 3.05) is 12.4 Å². The number of hydrogen-bond donors (Lipinski definition) is 2. The van der Waals surface area contributed by atoms with Crippen LogP contribution in [0.3, 0.4) is 0 Å². The van der Waals surface area contributed by atoms with E-state index < -0.39 is 12.0 Å². The molecule has 168 valence electrons. The van der Waals surface area contributed by atoms with Crippen molar-refractivity contribution < 1.29 is 9.21 Å². The van der Waals surface area contributed by atoms with Crippen molar-refractivity contribution in [3.05, 3.63) is 88.3 Å². The lowest BCUT2D eigenvalue weighted by Crippen LogP contribution is -2.22. The van der Waals surface area contributed by atoms with Gasteiger partial charge in [-0.2, -0.15) is 5.26 Å². The number of pyridine rings is 1. The number of nitrogens with one attached hydrogen (secondary N) is 2. The second kappa shape index (κ2) is 10.5. The van der Waals surface area contributed by atoms with E-state index in [1.165, 1.54) is 30.1 Å². The van der Waals surface area contributed by atoms with Crippen LogP contribution in [0.4, 0.5) is 5.69 Å². The largest absolute Gasteiger partial charge is 0.444 e. The van der Waals surface area contributed by atoms with Crippen LogP contribution in [0.2, 0.25) is 0 Å². The van der Waals surface area contributed by atoms with Crippen LogP contribution in [-0.2, 0) is 0 Å². The van der Waals surface area contributed by atoms with Crippen molar-refractivity contribution in [1.82, 2.24) is 9.97 Å². The number of aliphatic imine (C=N–C) groups is 1. The number of rotatable bonds is 9. The minimum atomic E-state index is -0.771. The SMILES string of the molecule is CN=CC(C=N)c1ccsc1C(=O)C(Nc1cccc(-c2cnco2)c1)c1ccc(C#N)nc1. The summed E-state index contributed by atoms with van der Waals surface area (Å²) < 4.78 is 5.40. The van der Waals surface area contributed by atoms with E-state index in [1.54, 1.807) is 31.6 Å². The number of Topliss-reactive ketones (excluding diaryl/α,β-unsaturated/α-hetero) is 1. The van der Waals surface area contributed by atoms with Crippen molar-refractivity contribution in [3.8, 4) is 17.4 Å². The molecular weight excluding hydrogens is 448 g/mol. The lowest BCUT2D eigenvalue weighted by atomic mass is 9.95. The van der Waals surface area contributed by atoms with Gasteiger partial charge in [-0.1, -0.05) is 18.2 Å². The van der Waals surface area contributed by atoms with E-state index in [9.17, 15) is 4.79 Å². The zero-order valence-electron chi connectivity index (χ0n) is 18.2. The smallest absolute Gasteiger partial charge is 0.199 e. The van der Waals surface area contributed by atoms with Crippen molar-refractivity contribution in [3.63, 3.8) is 0 Å². The van der Waals surface area contributed by atoms with E-state index in [0.717, 1.165) is 11.1 Å². The summed E-state index contributed by atoms with van der Waals surface area (Å²) in [4.78, 5) is 26.5. The summed E-state index contributed by atoms with van der Waals surface area (Å²) in [6.07, 6.45) is 7.42. The Morgan fingerprint density at radius 3 is 2.85 bits per heavy atom. The molecule has 3 heterocycles. The molecule has 2 unspecified atom stereocenters. The Labute approximate surface area is 200 Å². The quantitative estimate of drug-likeness (QED) is 0.259. The highest BCUT2D eigenvalue weighted by Gasteiger charge is 2.27. The fourth-order valence-electron chi connectivity index (χ4n) is 3.52. The molecule has 3 aromatic heterocycles. The highest BCUT2D eigenvalue weighted by Crippen LogP contribution is 2.32. The van der Waals surface area contributed by atoms with Crippen LogP contribution in [0, 0.1) is 16.7 Å². The first-order valence-electron chi connectivity index (χ1n) is 10.3. The molecule has 8 nitrogen and oxygen atoms in total. The molecule has 0 fully saturated rings. The first kappa shape index (κ1) is 22.8. The van der Waals surface area contributed by atoms with E-state index in [4.69, 9.17) is 15.1 Å². The predicted octanol–water partition coefficient (Wildman–Crippen LogP) is 5.14. The maximum atomic E-state index is 13.8. The van der Waals surface area contributed by atoms with Gasteiger partial charge >= 0.3 is 0 Å². The number of oxazole rings is 1. The molecule has 0 spiro atoms. The van der Waals surface area contributed by atoms with E-state index in [1.807, 2.05) is 41.8 Å². The van der Waals surface area contributed by atoms with Gasteiger partial charge in [-0.15, -0.1) is 11.3 Å². The molecule has 9 heteroatoms. The topological polar surface area (TPSA) is 128 Å². The average molecular weight is 469 g/mol. The number of nitrogens with zero attached hydrogens (tertiary/aromatic N) is 4. The van der Waals surface area contributed by atoms with Crippen molar-refractivity contribution in [2.45, 2.75) is 12.0 Å². The molecule has 2 atom stereocenters. The molecule has 0 aliphatic rings. The van der Waals surface area contributed by atoms with E-state index >= 15 is 0 Å². The molecule has 4 aromatic rings. The predicted molar refractivity (Wildman–Crippen MR) is 132 cm³/mol. The summed E-state index contributed by atoms with van der Waals surface area (Å²) in [6.45, 7) is 0. The maximum absolute atomic E-state index is 13.8. The summed E-state index contributed by atoms with van der Waals surface area (Å²) in [5.41, 5.74) is 3.12. The van der Waals surface area contributed by atoms with Crippen molar-refractivity contribution in [1.29, 1.82) is 10.7 Å². The van der Waals surface area contributed by atoms with Gasteiger partial charge in [-0.25, -0.2) is 9.97 Å². The fourth-order valence-corrected chi connectivity index (χ4v) is 4.44. The summed E-state index contributed by atoms with van der Waals surface area (Å²) in [7, 11) is 1.64. The maximum Gasteiger partial charge on any atom is 0.199 e. The molecule has 0 aliphatic heterocycles. The first-order chi connectivity index (χ1) is 16.6. The minimum absolute atomic E-state index is 0.169. The Bertz CT molecular complexity index is 1350. The van der Waals surface area contributed by atoms with Gasteiger partial charge in [-0.3, -0.25) is 9.79 Å². The van der Waals surface area contributed by atoms with Gasteiger partial charge in [-0.05, 0) is 35.2 Å². The highest BCUT2D eigenvalue weighted by molar-refractivity contribution is 7.12. The number of ketones is 1. The Hall–Kier alpha value is -4.42. The molecule has 34 heavy (non-hydrogen) atoms. The summed E-state index contributed by atoms with van der Waals surface area (Å²) in [6, 6.07) is 13.9. The Morgan fingerprint density at radius 2 is 2.18 bits per heavy atom. The second-order valence-corrected chi connectivity index (χ2v) is 8.20. The van der Waals surface area contributed by atoms with Crippen LogP contribution in [0.25, 0.3) is 11.3 Å². The van der Waals surface area contributed by atoms with E-state index in [-0.39, 0.29) is 11.5 Å². The summed E-state index contributed by atoms with van der Waals surface area (Å²) >= 11 is 1.32. The van der Waals surface area contributed by atoms with E-state index in [2.05, 4.69) is 20.3 Å². The molecule has 0 saturated carbocycles. The van der Waals surface area contributed by atoms with Gasteiger partial charge in [0.1, 0.15) is 17.8 Å². The number of carbonyl (C=O) groups is 1. The fraction of sp³-hybridized carbons (Fsp3) is 0.120. The zero-order valence-corrected chi connectivity index (χ0v) is 19.0. The normalized spacial score (nSPS) is 12.7. The number of carbonyl (C=O) groups excluding carboxylic acids is 1. The van der Waals surface area contributed by atoms with Gasteiger partial charge < -0.3 is 15.1 Å². The standard InChI is InChI=1S/C25H20N6O2S/c1-28-12-18(10-26)21-7-8-34-25(21)24(32)23(17-5-6-20(11-27)30-13-17)31-19-4-2-3-16(9-19)22-14-29-15-33-22/h2-10,12-15,18,23,26,31H,1H3. The lowest BCUT2D eigenvalue weighted by molar-refractivity contribution is 0.0972. The third kappa shape index (κ3) is 4.82. The zero-order chi connectivity index (χ0) is 23.9. The van der Waals surface area contributed by atoms with Gasteiger partial charge in [0.15, 0.2) is 17.9 Å². The number of aromatic nitrogens is 2. The highest BCUT2D eigenvalue weighted by atomic mass is 32.1. The van der Waals surface area contributed by atoms with Crippen LogP contribution in [0.5, 0.6) is 0 Å². The third-order valence-electron chi connectivity index (χ3n) is 5.15. The van der Waals surface area contributed by atoms with Crippen LogP contribution in [0.1, 0.15) is 38.5 Å². The monoisotopic (exact) mass is 468 g/mol. The third-order valence-corrected chi connectivity index (χ3v) is 6.10. The molecule has 0 bridgehead atoms. The Balaban J connectivity index is 1.73. The Kier molecular flexibility index (Phi) is 7.01. The molecule has 0 aliphatic carbocycles. The minimum Gasteiger partial charge on any atom is -0.444 e. The van der Waals surface area contributed by atoms with Gasteiger partial charge in [0.2, 0.25) is 0 Å². The molecule has 1 aromatic carbocycles. The van der Waals surface area contributed by atoms with Crippen LogP contribution in [-0.4, -0.2) is 35.2 Å². The molecule has 2 N–H and O–H groups in total. The molecule has 0 saturated heterocycles. The molecular formula is C25H20N6O2S. The average Bonchev–Trinajstić information content (AvgIpc) is 3.59. The molecule has 4 rings (SSSR count). The number of hydrogen-bond acceptors (Lipinski definition) is 9. The van der Waals surface area contributed by atoms with Gasteiger partial charge in [0.05, 0.1) is 17.0 Å². The first-order valence-corrected chi connectivity index (χ1v) is 11.2. The number of nitriles is 1. The molecule has 0 radical (unpaired) electrons. The number of thiophene rings is 1. The number of anilines is 1. The number of benzene rings is 1. The van der Waals surface area contributed by atoms with Crippen molar-refractivity contribution in [2.24, 2.45) is 4.99 Å². The van der Waals surface area contributed by atoms with Crippen LogP contribution < -0.4 is 5.32 Å². The van der Waals surface area contributed by atoms with Gasteiger partial charge in [0.25, 0.3) is 0 Å². The van der Waals surface area contributed by atoms with Crippen LogP contribution >= 0.6 is 11.3 Å². The van der Waals surface area contributed by atoms with Crippen molar-refractivity contribution >= 4 is 35.2 Å². The Morgan fingerprint density at radius 1 is 1.29 bits per heavy atom. The van der Waals surface area contributed by atoms with Crippen LogP contribution in [0.15, 0.2) is 76.0 Å². The van der Waals surface area contributed by atoms with E-state index in [0.29, 0.717) is 21.9 Å². The lowest BCUT2D eigenvalue weighted by Gasteiger charge is -2.20. The van der Waals surface area contributed by atoms with Gasteiger partial charge in [0, 0.05) is 42.5 Å². The molecule has 0 amide bonds. The second-order valence-electron chi connectivity index (χ2n) is 7.28.